The van der Waals surface area contributed by atoms with Crippen molar-refractivity contribution in [3.63, 3.8) is 0 Å². The number of fused-ring (bicyclic) bond motifs is 1. The van der Waals surface area contributed by atoms with E-state index in [1.165, 1.54) is 26.0 Å². The van der Waals surface area contributed by atoms with Gasteiger partial charge in [0.15, 0.2) is 12.1 Å². The topological polar surface area (TPSA) is 97.4 Å². The van der Waals surface area contributed by atoms with Gasteiger partial charge in [-0.2, -0.15) is 21.6 Å². The molecule has 1 aromatic carbocycles. The van der Waals surface area contributed by atoms with E-state index in [1.807, 2.05) is 6.92 Å². The molecule has 2 saturated heterocycles. The van der Waals surface area contributed by atoms with Gasteiger partial charge in [0, 0.05) is 0 Å². The van der Waals surface area contributed by atoms with E-state index in [4.69, 9.17) is 18.9 Å². The van der Waals surface area contributed by atoms with E-state index in [1.54, 1.807) is 12.1 Å². The van der Waals surface area contributed by atoms with Gasteiger partial charge in [-0.1, -0.05) is 17.7 Å². The largest absolute Gasteiger partial charge is 0.523 e. The third-order valence-corrected chi connectivity index (χ3v) is 5.32. The zero-order valence-electron chi connectivity index (χ0n) is 15.6. The molecule has 8 nitrogen and oxygen atoms in total. The number of hydrogen-bond donors (Lipinski definition) is 0. The maximum Gasteiger partial charge on any atom is 0.523 e. The molecular formula is C17H19F3O8S. The van der Waals surface area contributed by atoms with Crippen LogP contribution in [-0.4, -0.2) is 56.9 Å². The summed E-state index contributed by atoms with van der Waals surface area (Å²) in [5, 5.41) is 0. The van der Waals surface area contributed by atoms with Gasteiger partial charge in [-0.25, -0.2) is 4.79 Å². The average molecular weight is 440 g/mol. The molecule has 29 heavy (non-hydrogen) atoms. The van der Waals surface area contributed by atoms with Crippen molar-refractivity contribution in [2.24, 2.45) is 0 Å². The van der Waals surface area contributed by atoms with Crippen LogP contribution in [0.4, 0.5) is 13.2 Å². The summed E-state index contributed by atoms with van der Waals surface area (Å²) in [5.74, 6) is -1.98. The second-order valence-corrected chi connectivity index (χ2v) is 8.63. The lowest BCUT2D eigenvalue weighted by molar-refractivity contribution is -0.217. The van der Waals surface area contributed by atoms with Gasteiger partial charge in [0.1, 0.15) is 24.9 Å². The molecule has 4 atom stereocenters. The smallest absolute Gasteiger partial charge is 0.459 e. The van der Waals surface area contributed by atoms with Gasteiger partial charge < -0.3 is 18.9 Å². The summed E-state index contributed by atoms with van der Waals surface area (Å²) in [6, 6.07) is 6.38. The Balaban J connectivity index is 1.74. The molecule has 1 aromatic rings. The lowest BCUT2D eigenvalue weighted by Crippen LogP contribution is -2.43. The zero-order valence-corrected chi connectivity index (χ0v) is 16.5. The normalized spacial score (nSPS) is 28.9. The molecule has 162 valence electrons. The van der Waals surface area contributed by atoms with Crippen molar-refractivity contribution in [3.8, 4) is 0 Å². The minimum absolute atomic E-state index is 0.211. The molecule has 0 N–H and O–H groups in total. The SMILES string of the molecule is Cc1ccc(C(=O)OCC2OC3OC(C)(C)OC3C2OS(=O)(=O)C(F)(F)F)cc1. The van der Waals surface area contributed by atoms with Gasteiger partial charge >= 0.3 is 21.6 Å². The Bertz CT molecular complexity index is 866. The number of halogens is 3. The van der Waals surface area contributed by atoms with E-state index < -0.39 is 58.6 Å². The first-order valence-electron chi connectivity index (χ1n) is 8.53. The van der Waals surface area contributed by atoms with Crippen LogP contribution >= 0.6 is 0 Å². The zero-order chi connectivity index (χ0) is 21.6. The summed E-state index contributed by atoms with van der Waals surface area (Å²) < 4.78 is 87.0. The Kier molecular flexibility index (Phi) is 5.69. The number of esters is 1. The molecule has 0 bridgehead atoms. The van der Waals surface area contributed by atoms with Crippen LogP contribution in [0.25, 0.3) is 0 Å². The van der Waals surface area contributed by atoms with Gasteiger partial charge in [0.25, 0.3) is 0 Å². The Hall–Kier alpha value is -1.73. The number of hydrogen-bond acceptors (Lipinski definition) is 8. The molecule has 3 rings (SSSR count). The number of benzene rings is 1. The minimum atomic E-state index is -5.94. The quantitative estimate of drug-likeness (QED) is 0.391. The number of carbonyl (C=O) groups is 1. The first-order valence-corrected chi connectivity index (χ1v) is 9.94. The first-order chi connectivity index (χ1) is 13.3. The summed E-state index contributed by atoms with van der Waals surface area (Å²) in [6.07, 6.45) is -5.52. The Labute approximate surface area is 164 Å². The molecule has 2 heterocycles. The van der Waals surface area contributed by atoms with Gasteiger partial charge in [-0.15, -0.1) is 0 Å². The highest BCUT2D eigenvalue weighted by atomic mass is 32.2. The fraction of sp³-hybridized carbons (Fsp3) is 0.588. The number of ether oxygens (including phenoxy) is 4. The van der Waals surface area contributed by atoms with Crippen molar-refractivity contribution in [1.29, 1.82) is 0 Å². The Morgan fingerprint density at radius 3 is 2.38 bits per heavy atom. The van der Waals surface area contributed by atoms with E-state index in [9.17, 15) is 26.4 Å². The van der Waals surface area contributed by atoms with Crippen LogP contribution in [0, 0.1) is 6.92 Å². The fourth-order valence-electron chi connectivity index (χ4n) is 2.93. The number of rotatable bonds is 5. The Morgan fingerprint density at radius 1 is 1.17 bits per heavy atom. The highest BCUT2D eigenvalue weighted by molar-refractivity contribution is 7.87. The third kappa shape index (κ3) is 4.72. The van der Waals surface area contributed by atoms with E-state index in [-0.39, 0.29) is 5.56 Å². The summed E-state index contributed by atoms with van der Waals surface area (Å²) in [4.78, 5) is 12.1. The molecule has 12 heteroatoms. The van der Waals surface area contributed by atoms with E-state index >= 15 is 0 Å². The molecule has 0 spiro atoms. The molecule has 0 radical (unpaired) electrons. The van der Waals surface area contributed by atoms with Gasteiger partial charge in [0.05, 0.1) is 5.56 Å². The fourth-order valence-corrected chi connectivity index (χ4v) is 3.56. The van der Waals surface area contributed by atoms with Crippen molar-refractivity contribution in [1.82, 2.24) is 0 Å². The second kappa shape index (κ2) is 7.51. The predicted octanol–water partition coefficient (Wildman–Crippen LogP) is 2.26. The van der Waals surface area contributed by atoms with Crippen LogP contribution in [0.5, 0.6) is 0 Å². The van der Waals surface area contributed by atoms with Crippen LogP contribution in [-0.2, 0) is 33.2 Å². The van der Waals surface area contributed by atoms with Crippen LogP contribution in [0.1, 0.15) is 29.8 Å². The molecule has 2 aliphatic heterocycles. The van der Waals surface area contributed by atoms with E-state index in [0.717, 1.165) is 5.56 Å². The van der Waals surface area contributed by atoms with E-state index in [0.29, 0.717) is 0 Å². The van der Waals surface area contributed by atoms with Gasteiger partial charge in [0.2, 0.25) is 0 Å². The van der Waals surface area contributed by atoms with Crippen molar-refractivity contribution >= 4 is 16.1 Å². The van der Waals surface area contributed by atoms with Crippen LogP contribution in [0.2, 0.25) is 0 Å². The summed E-state index contributed by atoms with van der Waals surface area (Å²) in [5.41, 5.74) is -4.51. The molecule has 4 unspecified atom stereocenters. The third-order valence-electron chi connectivity index (χ3n) is 4.27. The maximum absolute atomic E-state index is 12.8. The van der Waals surface area contributed by atoms with Crippen molar-refractivity contribution < 1.29 is 49.5 Å². The van der Waals surface area contributed by atoms with Crippen LogP contribution in [0.3, 0.4) is 0 Å². The van der Waals surface area contributed by atoms with Crippen molar-refractivity contribution in [2.45, 2.75) is 56.7 Å². The highest BCUT2D eigenvalue weighted by Crippen LogP contribution is 2.40. The predicted molar refractivity (Wildman–Crippen MR) is 90.0 cm³/mol. The van der Waals surface area contributed by atoms with Crippen LogP contribution in [0.15, 0.2) is 24.3 Å². The maximum atomic E-state index is 12.8. The lowest BCUT2D eigenvalue weighted by Gasteiger charge is -2.25. The molecule has 0 saturated carbocycles. The van der Waals surface area contributed by atoms with Crippen LogP contribution < -0.4 is 0 Å². The first kappa shape index (κ1) is 22.0. The van der Waals surface area contributed by atoms with E-state index in [2.05, 4.69) is 4.18 Å². The van der Waals surface area contributed by atoms with Crippen molar-refractivity contribution in [3.05, 3.63) is 35.4 Å². The standard InChI is InChI=1S/C17H19F3O8S/c1-9-4-6-10(7-5-9)14(21)24-8-11-12(28-29(22,23)17(18,19)20)13-15(25-11)27-16(2,3)26-13/h4-7,11-13,15H,8H2,1-3H3. The van der Waals surface area contributed by atoms with Gasteiger partial charge in [-0.3, -0.25) is 4.18 Å². The number of carbonyl (C=O) groups excluding carboxylic acids is 1. The summed E-state index contributed by atoms with van der Waals surface area (Å²) in [7, 11) is -5.94. The minimum Gasteiger partial charge on any atom is -0.459 e. The molecular weight excluding hydrogens is 421 g/mol. The molecule has 2 fully saturated rings. The Morgan fingerprint density at radius 2 is 1.79 bits per heavy atom. The van der Waals surface area contributed by atoms with Crippen molar-refractivity contribution in [2.75, 3.05) is 6.61 Å². The monoisotopic (exact) mass is 440 g/mol. The molecule has 0 amide bonds. The second-order valence-electron chi connectivity index (χ2n) is 7.07. The lowest BCUT2D eigenvalue weighted by atomic mass is 10.1. The average Bonchev–Trinajstić information content (AvgIpc) is 3.04. The number of alkyl halides is 3. The van der Waals surface area contributed by atoms with Gasteiger partial charge in [-0.05, 0) is 32.9 Å². The molecule has 0 aliphatic carbocycles. The summed E-state index contributed by atoms with van der Waals surface area (Å²) >= 11 is 0. The highest BCUT2D eigenvalue weighted by Gasteiger charge is 2.59. The molecule has 2 aliphatic rings. The number of aryl methyl sites for hydroxylation is 1. The summed E-state index contributed by atoms with van der Waals surface area (Å²) in [6.45, 7) is 4.22. The molecule has 0 aromatic heterocycles.